The molecule has 2 rings (SSSR count). The highest BCUT2D eigenvalue weighted by molar-refractivity contribution is 5.79. The molecule has 21 heavy (non-hydrogen) atoms. The first-order valence-corrected chi connectivity index (χ1v) is 6.70. The highest BCUT2D eigenvalue weighted by atomic mass is 16.3. The average molecular weight is 291 g/mol. The molecule has 0 saturated carbocycles. The lowest BCUT2D eigenvalue weighted by molar-refractivity contribution is 0.180. The van der Waals surface area contributed by atoms with E-state index in [1.807, 2.05) is 14.0 Å². The van der Waals surface area contributed by atoms with Crippen LogP contribution in [0.2, 0.25) is 0 Å². The molecule has 0 saturated heterocycles. The molecule has 0 aliphatic carbocycles. The molecule has 0 aliphatic heterocycles. The number of guanidine groups is 1. The van der Waals surface area contributed by atoms with Gasteiger partial charge in [0, 0.05) is 50.2 Å². The Morgan fingerprint density at radius 3 is 2.86 bits per heavy atom. The zero-order valence-electron chi connectivity index (χ0n) is 12.5. The number of rotatable bonds is 5. The number of aryl methyl sites for hydroxylation is 2. The molecule has 2 heterocycles. The van der Waals surface area contributed by atoms with Crippen molar-refractivity contribution in [3.8, 4) is 0 Å². The summed E-state index contributed by atoms with van der Waals surface area (Å²) < 4.78 is 1.66. The SMILES string of the molecule is CN=C(NCc1cn[nH]c1C)NCC(O)c1cnn(C)c1. The van der Waals surface area contributed by atoms with Gasteiger partial charge >= 0.3 is 0 Å². The normalized spacial score (nSPS) is 13.2. The molecule has 0 aliphatic rings. The molecule has 114 valence electrons. The lowest BCUT2D eigenvalue weighted by Crippen LogP contribution is -2.39. The highest BCUT2D eigenvalue weighted by Gasteiger charge is 2.10. The Labute approximate surface area is 123 Å². The van der Waals surface area contributed by atoms with Crippen molar-refractivity contribution in [1.29, 1.82) is 0 Å². The van der Waals surface area contributed by atoms with E-state index in [0.717, 1.165) is 16.8 Å². The molecule has 0 aromatic carbocycles. The van der Waals surface area contributed by atoms with Crippen molar-refractivity contribution in [2.45, 2.75) is 19.6 Å². The van der Waals surface area contributed by atoms with Gasteiger partial charge in [-0.2, -0.15) is 10.2 Å². The van der Waals surface area contributed by atoms with Crippen LogP contribution in [0.5, 0.6) is 0 Å². The van der Waals surface area contributed by atoms with Gasteiger partial charge in [0.15, 0.2) is 5.96 Å². The van der Waals surface area contributed by atoms with Gasteiger partial charge in [-0.1, -0.05) is 0 Å². The number of aromatic nitrogens is 4. The Balaban J connectivity index is 1.81. The van der Waals surface area contributed by atoms with Crippen molar-refractivity contribution in [3.63, 3.8) is 0 Å². The second-order valence-corrected chi connectivity index (χ2v) is 4.79. The third-order valence-corrected chi connectivity index (χ3v) is 3.18. The fourth-order valence-corrected chi connectivity index (χ4v) is 1.88. The highest BCUT2D eigenvalue weighted by Crippen LogP contribution is 2.09. The van der Waals surface area contributed by atoms with Gasteiger partial charge in [-0.3, -0.25) is 14.8 Å². The van der Waals surface area contributed by atoms with Gasteiger partial charge in [0.2, 0.25) is 0 Å². The molecule has 2 aromatic heterocycles. The summed E-state index contributed by atoms with van der Waals surface area (Å²) in [5.41, 5.74) is 2.87. The van der Waals surface area contributed by atoms with Crippen molar-refractivity contribution < 1.29 is 5.11 Å². The number of H-pyrrole nitrogens is 1. The Morgan fingerprint density at radius 1 is 1.48 bits per heavy atom. The summed E-state index contributed by atoms with van der Waals surface area (Å²) in [7, 11) is 3.51. The maximum atomic E-state index is 10.1. The van der Waals surface area contributed by atoms with Gasteiger partial charge in [0.05, 0.1) is 18.5 Å². The van der Waals surface area contributed by atoms with Crippen LogP contribution in [0.15, 0.2) is 23.6 Å². The number of aliphatic imine (C=N–C) groups is 1. The molecule has 1 unspecified atom stereocenters. The van der Waals surface area contributed by atoms with Gasteiger partial charge in [0.25, 0.3) is 0 Å². The van der Waals surface area contributed by atoms with Gasteiger partial charge < -0.3 is 15.7 Å². The van der Waals surface area contributed by atoms with E-state index < -0.39 is 6.10 Å². The number of aliphatic hydroxyl groups excluding tert-OH is 1. The zero-order chi connectivity index (χ0) is 15.2. The van der Waals surface area contributed by atoms with Crippen LogP contribution in [0.1, 0.15) is 22.9 Å². The quantitative estimate of drug-likeness (QED) is 0.453. The summed E-state index contributed by atoms with van der Waals surface area (Å²) in [6, 6.07) is 0. The summed E-state index contributed by atoms with van der Waals surface area (Å²) in [5.74, 6) is 0.624. The lowest BCUT2D eigenvalue weighted by Gasteiger charge is -2.14. The molecule has 0 bridgehead atoms. The molecule has 0 fully saturated rings. The first-order chi connectivity index (χ1) is 10.1. The van der Waals surface area contributed by atoms with Gasteiger partial charge in [-0.25, -0.2) is 0 Å². The fourth-order valence-electron chi connectivity index (χ4n) is 1.88. The monoisotopic (exact) mass is 291 g/mol. The van der Waals surface area contributed by atoms with E-state index >= 15 is 0 Å². The van der Waals surface area contributed by atoms with Crippen molar-refractivity contribution in [2.75, 3.05) is 13.6 Å². The second-order valence-electron chi connectivity index (χ2n) is 4.79. The van der Waals surface area contributed by atoms with Crippen LogP contribution in [0.25, 0.3) is 0 Å². The van der Waals surface area contributed by atoms with Crippen LogP contribution in [0.3, 0.4) is 0 Å². The largest absolute Gasteiger partial charge is 0.386 e. The number of hydrogen-bond donors (Lipinski definition) is 4. The molecule has 0 amide bonds. The maximum absolute atomic E-state index is 10.1. The van der Waals surface area contributed by atoms with Crippen molar-refractivity contribution >= 4 is 5.96 Å². The number of aliphatic hydroxyl groups is 1. The second kappa shape index (κ2) is 6.89. The van der Waals surface area contributed by atoms with Gasteiger partial charge in [-0.15, -0.1) is 0 Å². The number of hydrogen-bond acceptors (Lipinski definition) is 4. The third-order valence-electron chi connectivity index (χ3n) is 3.18. The first kappa shape index (κ1) is 15.0. The lowest BCUT2D eigenvalue weighted by atomic mass is 10.2. The first-order valence-electron chi connectivity index (χ1n) is 6.70. The van der Waals surface area contributed by atoms with E-state index in [4.69, 9.17) is 0 Å². The van der Waals surface area contributed by atoms with Crippen molar-refractivity contribution in [2.24, 2.45) is 12.0 Å². The van der Waals surface area contributed by atoms with Crippen LogP contribution in [-0.4, -0.2) is 44.6 Å². The van der Waals surface area contributed by atoms with Crippen LogP contribution < -0.4 is 10.6 Å². The van der Waals surface area contributed by atoms with Crippen molar-refractivity contribution in [3.05, 3.63) is 35.4 Å². The summed E-state index contributed by atoms with van der Waals surface area (Å²) >= 11 is 0. The minimum atomic E-state index is -0.632. The Hall–Kier alpha value is -2.35. The number of nitrogens with one attached hydrogen (secondary N) is 3. The van der Waals surface area contributed by atoms with Gasteiger partial charge in [-0.05, 0) is 6.92 Å². The van der Waals surface area contributed by atoms with E-state index in [0.29, 0.717) is 19.0 Å². The van der Waals surface area contributed by atoms with E-state index in [1.165, 1.54) is 0 Å². The molecule has 2 aromatic rings. The molecule has 0 radical (unpaired) electrons. The van der Waals surface area contributed by atoms with E-state index in [2.05, 4.69) is 30.9 Å². The molecule has 8 heteroatoms. The topological polar surface area (TPSA) is 103 Å². The minimum absolute atomic E-state index is 0.357. The summed E-state index contributed by atoms with van der Waals surface area (Å²) in [4.78, 5) is 4.12. The van der Waals surface area contributed by atoms with Crippen LogP contribution in [0, 0.1) is 6.92 Å². The number of aromatic amines is 1. The van der Waals surface area contributed by atoms with Gasteiger partial charge in [0.1, 0.15) is 0 Å². The van der Waals surface area contributed by atoms with Crippen molar-refractivity contribution in [1.82, 2.24) is 30.6 Å². The molecule has 4 N–H and O–H groups in total. The van der Waals surface area contributed by atoms with E-state index in [9.17, 15) is 5.11 Å². The van der Waals surface area contributed by atoms with Crippen LogP contribution in [0.4, 0.5) is 0 Å². The van der Waals surface area contributed by atoms with Crippen LogP contribution in [-0.2, 0) is 13.6 Å². The summed E-state index contributed by atoms with van der Waals surface area (Å²) in [6.45, 7) is 2.94. The molecular formula is C13H21N7O. The Kier molecular flexibility index (Phi) is 4.94. The van der Waals surface area contributed by atoms with E-state index in [-0.39, 0.29) is 0 Å². The summed E-state index contributed by atoms with van der Waals surface area (Å²) in [6.07, 6.45) is 4.59. The predicted octanol–water partition coefficient (Wildman–Crippen LogP) is -0.150. The maximum Gasteiger partial charge on any atom is 0.191 e. The third kappa shape index (κ3) is 4.06. The smallest absolute Gasteiger partial charge is 0.191 e. The summed E-state index contributed by atoms with van der Waals surface area (Å²) in [5, 5.41) is 27.2. The Bertz CT molecular complexity index is 601. The molecular weight excluding hydrogens is 270 g/mol. The molecule has 8 nitrogen and oxygen atoms in total. The standard InChI is InChI=1S/C13H21N7O/c1-9-10(5-17-19-9)4-15-13(14-2)16-7-12(21)11-6-18-20(3)8-11/h5-6,8,12,21H,4,7H2,1-3H3,(H,17,19)(H2,14,15,16). The Morgan fingerprint density at radius 2 is 2.29 bits per heavy atom. The molecule has 0 spiro atoms. The average Bonchev–Trinajstić information content (AvgIpc) is 3.08. The van der Waals surface area contributed by atoms with E-state index in [1.54, 1.807) is 30.3 Å². The predicted molar refractivity (Wildman–Crippen MR) is 79.7 cm³/mol. The minimum Gasteiger partial charge on any atom is -0.386 e. The fraction of sp³-hybridized carbons (Fsp3) is 0.462. The molecule has 1 atom stereocenters. The van der Waals surface area contributed by atoms with Crippen LogP contribution >= 0.6 is 0 Å². The zero-order valence-corrected chi connectivity index (χ0v) is 12.5. The number of nitrogens with zero attached hydrogens (tertiary/aromatic N) is 4.